The van der Waals surface area contributed by atoms with Crippen LogP contribution in [0.15, 0.2) is 18.2 Å². The molecule has 3 N–H and O–H groups in total. The number of benzene rings is 1. The highest BCUT2D eigenvalue weighted by molar-refractivity contribution is 5.87. The van der Waals surface area contributed by atoms with E-state index in [9.17, 15) is 0 Å². The minimum Gasteiger partial charge on any atom is -0.358 e. The van der Waals surface area contributed by atoms with Gasteiger partial charge in [-0.15, -0.1) is 0 Å². The lowest BCUT2D eigenvalue weighted by Gasteiger charge is -2.02. The van der Waals surface area contributed by atoms with Crippen molar-refractivity contribution in [2.45, 2.75) is 33.1 Å². The van der Waals surface area contributed by atoms with Crippen LogP contribution in [0.25, 0.3) is 10.9 Å². The Morgan fingerprint density at radius 3 is 2.75 bits per heavy atom. The molecular formula is C14H20N2. The van der Waals surface area contributed by atoms with Gasteiger partial charge in [-0.25, -0.2) is 0 Å². The van der Waals surface area contributed by atoms with E-state index in [4.69, 9.17) is 5.73 Å². The Hall–Kier alpha value is -1.28. The summed E-state index contributed by atoms with van der Waals surface area (Å²) in [5, 5.41) is 1.36. The summed E-state index contributed by atoms with van der Waals surface area (Å²) in [6.45, 7) is 5.11. The molecule has 2 aromatic rings. The number of H-pyrrole nitrogens is 1. The number of nitrogens with two attached hydrogens (primary N) is 1. The van der Waals surface area contributed by atoms with E-state index >= 15 is 0 Å². The molecule has 1 heterocycles. The predicted molar refractivity (Wildman–Crippen MR) is 69.8 cm³/mol. The van der Waals surface area contributed by atoms with Gasteiger partial charge >= 0.3 is 0 Å². The van der Waals surface area contributed by atoms with Crippen molar-refractivity contribution in [2.75, 3.05) is 6.54 Å². The van der Waals surface area contributed by atoms with Crippen LogP contribution < -0.4 is 5.73 Å². The van der Waals surface area contributed by atoms with E-state index < -0.39 is 0 Å². The van der Waals surface area contributed by atoms with Gasteiger partial charge in [-0.05, 0) is 50.8 Å². The number of hydrogen-bond donors (Lipinski definition) is 2. The van der Waals surface area contributed by atoms with Crippen molar-refractivity contribution in [3.8, 4) is 0 Å². The maximum absolute atomic E-state index is 5.53. The summed E-state index contributed by atoms with van der Waals surface area (Å²) in [7, 11) is 0. The Bertz CT molecular complexity index is 483. The Labute approximate surface area is 96.9 Å². The largest absolute Gasteiger partial charge is 0.358 e. The summed E-state index contributed by atoms with van der Waals surface area (Å²) in [6, 6.07) is 6.56. The zero-order chi connectivity index (χ0) is 11.5. The van der Waals surface area contributed by atoms with Crippen molar-refractivity contribution in [3.05, 3.63) is 35.0 Å². The Morgan fingerprint density at radius 2 is 2.00 bits per heavy atom. The van der Waals surface area contributed by atoms with Crippen LogP contribution in [0.4, 0.5) is 0 Å². The van der Waals surface area contributed by atoms with Gasteiger partial charge in [0.05, 0.1) is 0 Å². The van der Waals surface area contributed by atoms with Crippen LogP contribution in [0.3, 0.4) is 0 Å². The fraction of sp³-hybridized carbons (Fsp3) is 0.429. The smallest absolute Gasteiger partial charge is 0.0491 e. The molecule has 0 aliphatic heterocycles. The molecule has 0 fully saturated rings. The zero-order valence-electron chi connectivity index (χ0n) is 10.1. The minimum absolute atomic E-state index is 0.790. The van der Waals surface area contributed by atoms with Crippen LogP contribution in [-0.2, 0) is 6.42 Å². The minimum atomic E-state index is 0.790. The molecular weight excluding hydrogens is 196 g/mol. The molecule has 2 heteroatoms. The highest BCUT2D eigenvalue weighted by Crippen LogP contribution is 2.24. The van der Waals surface area contributed by atoms with Crippen molar-refractivity contribution < 1.29 is 0 Å². The van der Waals surface area contributed by atoms with Crippen molar-refractivity contribution in [2.24, 2.45) is 5.73 Å². The molecule has 16 heavy (non-hydrogen) atoms. The summed E-state index contributed by atoms with van der Waals surface area (Å²) in [5.74, 6) is 0. The number of rotatable bonds is 4. The molecule has 1 aromatic heterocycles. The highest BCUT2D eigenvalue weighted by atomic mass is 14.7. The van der Waals surface area contributed by atoms with Gasteiger partial charge in [-0.2, -0.15) is 0 Å². The van der Waals surface area contributed by atoms with Crippen LogP contribution in [-0.4, -0.2) is 11.5 Å². The summed E-state index contributed by atoms with van der Waals surface area (Å²) in [4.78, 5) is 3.49. The van der Waals surface area contributed by atoms with E-state index in [1.54, 1.807) is 0 Å². The van der Waals surface area contributed by atoms with Gasteiger partial charge in [0.2, 0.25) is 0 Å². The van der Waals surface area contributed by atoms with Crippen molar-refractivity contribution in [1.29, 1.82) is 0 Å². The lowest BCUT2D eigenvalue weighted by atomic mass is 10.0. The second kappa shape index (κ2) is 4.71. The molecule has 0 spiro atoms. The van der Waals surface area contributed by atoms with E-state index in [1.807, 2.05) is 0 Å². The number of para-hydroxylation sites is 1. The van der Waals surface area contributed by atoms with Crippen LogP contribution in [0.1, 0.15) is 29.7 Å². The molecule has 0 unspecified atom stereocenters. The van der Waals surface area contributed by atoms with Gasteiger partial charge in [-0.3, -0.25) is 0 Å². The van der Waals surface area contributed by atoms with Gasteiger partial charge in [0.15, 0.2) is 0 Å². The molecule has 0 aliphatic carbocycles. The molecule has 0 radical (unpaired) electrons. The first-order valence-corrected chi connectivity index (χ1v) is 6.01. The maximum atomic E-state index is 5.53. The fourth-order valence-corrected chi connectivity index (χ4v) is 2.21. The van der Waals surface area contributed by atoms with E-state index in [2.05, 4.69) is 37.0 Å². The first-order chi connectivity index (χ1) is 7.74. The topological polar surface area (TPSA) is 41.8 Å². The van der Waals surface area contributed by atoms with E-state index in [-0.39, 0.29) is 0 Å². The van der Waals surface area contributed by atoms with Gasteiger partial charge in [0.1, 0.15) is 0 Å². The number of fused-ring (bicyclic) bond motifs is 1. The third-order valence-corrected chi connectivity index (χ3v) is 3.33. The van der Waals surface area contributed by atoms with E-state index in [1.165, 1.54) is 34.1 Å². The summed E-state index contributed by atoms with van der Waals surface area (Å²) >= 11 is 0. The number of aryl methyl sites for hydroxylation is 3. The number of aromatic amines is 1. The highest BCUT2D eigenvalue weighted by Gasteiger charge is 2.07. The van der Waals surface area contributed by atoms with E-state index in [0.717, 1.165) is 19.4 Å². The second-order valence-electron chi connectivity index (χ2n) is 4.46. The van der Waals surface area contributed by atoms with Crippen molar-refractivity contribution in [1.82, 2.24) is 4.98 Å². The van der Waals surface area contributed by atoms with Gasteiger partial charge < -0.3 is 10.7 Å². The molecule has 86 valence electrons. The number of nitrogens with one attached hydrogen (secondary N) is 1. The summed E-state index contributed by atoms with van der Waals surface area (Å²) in [5.41, 5.74) is 10.9. The van der Waals surface area contributed by atoms with Crippen LogP contribution >= 0.6 is 0 Å². The lowest BCUT2D eigenvalue weighted by Crippen LogP contribution is -1.99. The maximum Gasteiger partial charge on any atom is 0.0491 e. The zero-order valence-corrected chi connectivity index (χ0v) is 10.1. The number of aromatic nitrogens is 1. The normalized spacial score (nSPS) is 11.2. The lowest BCUT2D eigenvalue weighted by molar-refractivity contribution is 0.747. The monoisotopic (exact) mass is 216 g/mol. The second-order valence-corrected chi connectivity index (χ2v) is 4.46. The molecule has 2 rings (SSSR count). The Balaban J connectivity index is 2.34. The molecule has 0 atom stereocenters. The van der Waals surface area contributed by atoms with Crippen molar-refractivity contribution in [3.63, 3.8) is 0 Å². The fourth-order valence-electron chi connectivity index (χ4n) is 2.21. The SMILES string of the molecule is Cc1[nH]c2c(CCCCN)cccc2c1C. The third-order valence-electron chi connectivity index (χ3n) is 3.33. The molecule has 2 nitrogen and oxygen atoms in total. The Kier molecular flexibility index (Phi) is 3.30. The molecule has 0 saturated carbocycles. The van der Waals surface area contributed by atoms with Crippen LogP contribution in [0.2, 0.25) is 0 Å². The van der Waals surface area contributed by atoms with Gasteiger partial charge in [0, 0.05) is 16.6 Å². The number of unbranched alkanes of at least 4 members (excludes halogenated alkanes) is 1. The van der Waals surface area contributed by atoms with E-state index in [0.29, 0.717) is 0 Å². The predicted octanol–water partition coefficient (Wildman–Crippen LogP) is 3.07. The Morgan fingerprint density at radius 1 is 1.19 bits per heavy atom. The first kappa shape index (κ1) is 11.2. The first-order valence-electron chi connectivity index (χ1n) is 6.01. The average molecular weight is 216 g/mol. The molecule has 0 amide bonds. The molecule has 0 aliphatic rings. The number of hydrogen-bond acceptors (Lipinski definition) is 1. The summed E-state index contributed by atoms with van der Waals surface area (Å²) in [6.07, 6.45) is 3.40. The summed E-state index contributed by atoms with van der Waals surface area (Å²) < 4.78 is 0. The van der Waals surface area contributed by atoms with Gasteiger partial charge in [-0.1, -0.05) is 18.2 Å². The average Bonchev–Trinajstić information content (AvgIpc) is 2.57. The van der Waals surface area contributed by atoms with Crippen molar-refractivity contribution >= 4 is 10.9 Å². The quantitative estimate of drug-likeness (QED) is 0.758. The van der Waals surface area contributed by atoms with Crippen LogP contribution in [0, 0.1) is 13.8 Å². The third kappa shape index (κ3) is 1.98. The molecule has 0 saturated heterocycles. The standard InChI is InChI=1S/C14H20N2/c1-10-11(2)16-14-12(6-3-4-9-15)7-5-8-13(10)14/h5,7-8,16H,3-4,6,9,15H2,1-2H3. The molecule has 0 bridgehead atoms. The van der Waals surface area contributed by atoms with Gasteiger partial charge in [0.25, 0.3) is 0 Å². The van der Waals surface area contributed by atoms with Crippen LogP contribution in [0.5, 0.6) is 0 Å². The molecule has 1 aromatic carbocycles.